The SMILES string of the molecule is C=C(C#N)\C=C(C)/C(/C=C(/CC(O)(CC(C)(C)C1=C2OCCC2=CC(Br)=CC1)C(F)(F)F)NC)=C\C. The molecule has 0 saturated carbocycles. The molecule has 1 heterocycles. The smallest absolute Gasteiger partial charge is 0.417 e. The minimum absolute atomic E-state index is 0.216. The van der Waals surface area contributed by atoms with E-state index in [0.717, 1.165) is 15.6 Å². The van der Waals surface area contributed by atoms with Crippen molar-refractivity contribution in [3.63, 3.8) is 0 Å². The van der Waals surface area contributed by atoms with Crippen molar-refractivity contribution >= 4 is 15.9 Å². The van der Waals surface area contributed by atoms with Crippen LogP contribution in [0.5, 0.6) is 0 Å². The van der Waals surface area contributed by atoms with E-state index in [0.29, 0.717) is 36.4 Å². The van der Waals surface area contributed by atoms with Crippen LogP contribution in [0.4, 0.5) is 13.2 Å². The van der Waals surface area contributed by atoms with Gasteiger partial charge in [0.15, 0.2) is 5.60 Å². The molecule has 8 heteroatoms. The van der Waals surface area contributed by atoms with Crippen LogP contribution in [0.1, 0.15) is 53.4 Å². The number of allylic oxidation sites excluding steroid dienone is 11. The Morgan fingerprint density at radius 3 is 2.56 bits per heavy atom. The van der Waals surface area contributed by atoms with Crippen LogP contribution in [0.2, 0.25) is 0 Å². The number of fused-ring (bicyclic) bond motifs is 1. The van der Waals surface area contributed by atoms with Crippen molar-refractivity contribution in [2.75, 3.05) is 13.7 Å². The molecule has 0 amide bonds. The number of hydrogen-bond donors (Lipinski definition) is 2. The van der Waals surface area contributed by atoms with Crippen molar-refractivity contribution in [2.24, 2.45) is 5.41 Å². The Morgan fingerprint density at radius 1 is 1.33 bits per heavy atom. The van der Waals surface area contributed by atoms with Crippen molar-refractivity contribution < 1.29 is 23.0 Å². The van der Waals surface area contributed by atoms with Gasteiger partial charge in [-0.3, -0.25) is 0 Å². The second-order valence-electron chi connectivity index (χ2n) is 9.76. The molecule has 1 saturated heterocycles. The Balaban J connectivity index is 2.47. The topological polar surface area (TPSA) is 65.3 Å². The second-order valence-corrected chi connectivity index (χ2v) is 10.7. The number of nitrogens with one attached hydrogen (secondary N) is 1. The van der Waals surface area contributed by atoms with Crippen LogP contribution < -0.4 is 5.32 Å². The third kappa shape index (κ3) is 7.04. The number of nitrogens with zero attached hydrogens (tertiary/aromatic N) is 1. The fraction of sp³-hybridized carbons (Fsp3) is 0.464. The highest BCUT2D eigenvalue weighted by Crippen LogP contribution is 2.49. The zero-order chi connectivity index (χ0) is 27.3. The molecule has 196 valence electrons. The predicted molar refractivity (Wildman–Crippen MR) is 141 cm³/mol. The van der Waals surface area contributed by atoms with Crippen molar-refractivity contribution in [1.29, 1.82) is 5.26 Å². The zero-order valence-electron chi connectivity index (χ0n) is 21.4. The van der Waals surface area contributed by atoms with Crippen LogP contribution in [0, 0.1) is 16.7 Å². The minimum Gasteiger partial charge on any atom is -0.493 e. The van der Waals surface area contributed by atoms with Gasteiger partial charge in [0.2, 0.25) is 0 Å². The Kier molecular flexibility index (Phi) is 9.66. The van der Waals surface area contributed by atoms with Crippen molar-refractivity contribution in [3.8, 4) is 6.07 Å². The van der Waals surface area contributed by atoms with Gasteiger partial charge in [0.1, 0.15) is 5.76 Å². The van der Waals surface area contributed by atoms with Gasteiger partial charge in [-0.2, -0.15) is 18.4 Å². The maximum atomic E-state index is 14.4. The van der Waals surface area contributed by atoms with Crippen LogP contribution >= 0.6 is 15.9 Å². The normalized spacial score (nSPS) is 19.4. The van der Waals surface area contributed by atoms with E-state index in [4.69, 9.17) is 10.00 Å². The molecular formula is C28H34BrF3N2O2. The van der Waals surface area contributed by atoms with E-state index in [1.54, 1.807) is 45.9 Å². The van der Waals surface area contributed by atoms with Crippen LogP contribution in [-0.4, -0.2) is 30.5 Å². The van der Waals surface area contributed by atoms with Crippen molar-refractivity contribution in [1.82, 2.24) is 5.32 Å². The number of aliphatic hydroxyl groups is 1. The summed E-state index contributed by atoms with van der Waals surface area (Å²) in [4.78, 5) is 0. The average molecular weight is 567 g/mol. The van der Waals surface area contributed by atoms with Crippen LogP contribution in [0.25, 0.3) is 0 Å². The van der Waals surface area contributed by atoms with Gasteiger partial charge in [-0.05, 0) is 72.6 Å². The molecule has 36 heavy (non-hydrogen) atoms. The Labute approximate surface area is 220 Å². The second kappa shape index (κ2) is 11.7. The highest BCUT2D eigenvalue weighted by Gasteiger charge is 2.56. The maximum Gasteiger partial charge on any atom is 0.417 e. The lowest BCUT2D eigenvalue weighted by atomic mass is 9.71. The molecule has 1 unspecified atom stereocenters. The molecular weight excluding hydrogens is 533 g/mol. The first kappa shape index (κ1) is 29.7. The maximum absolute atomic E-state index is 14.4. The summed E-state index contributed by atoms with van der Waals surface area (Å²) in [6.07, 6.45) is 3.74. The number of nitriles is 1. The summed E-state index contributed by atoms with van der Waals surface area (Å²) in [6.45, 7) is 11.0. The molecule has 0 aromatic carbocycles. The van der Waals surface area contributed by atoms with Gasteiger partial charge in [-0.15, -0.1) is 0 Å². The van der Waals surface area contributed by atoms with Crippen molar-refractivity contribution in [3.05, 3.63) is 80.8 Å². The van der Waals surface area contributed by atoms with Gasteiger partial charge < -0.3 is 15.2 Å². The van der Waals surface area contributed by atoms with Crippen LogP contribution in [0.15, 0.2) is 80.8 Å². The number of hydrogen-bond acceptors (Lipinski definition) is 4. The standard InChI is InChI=1S/C28H34BrF3N2O2/c1-7-20(19(3)12-18(2)16-33)14-23(34-6)15-27(35,28(30,31)32)17-26(4,5)24-9-8-22(29)13-21-10-11-36-25(21)24/h7-8,12-14,34-35H,2,9-11,15,17H2,1,3-6H3/b19-12-,20-7-,23-14-. The van der Waals surface area contributed by atoms with Gasteiger partial charge in [0, 0.05) is 35.6 Å². The largest absolute Gasteiger partial charge is 0.493 e. The molecule has 1 aliphatic heterocycles. The first-order chi connectivity index (χ1) is 16.7. The van der Waals surface area contributed by atoms with Gasteiger partial charge >= 0.3 is 6.18 Å². The lowest BCUT2D eigenvalue weighted by Gasteiger charge is -2.39. The number of halogens is 4. The van der Waals surface area contributed by atoms with Gasteiger partial charge in [-0.25, -0.2) is 0 Å². The highest BCUT2D eigenvalue weighted by atomic mass is 79.9. The van der Waals surface area contributed by atoms with Crippen LogP contribution in [-0.2, 0) is 4.74 Å². The molecule has 0 bridgehead atoms. The molecule has 2 aliphatic rings. The molecule has 1 aliphatic carbocycles. The quantitative estimate of drug-likeness (QED) is 0.225. The Bertz CT molecular complexity index is 1110. The molecule has 0 spiro atoms. The predicted octanol–water partition coefficient (Wildman–Crippen LogP) is 7.45. The fourth-order valence-corrected chi connectivity index (χ4v) is 5.04. The third-order valence-corrected chi connectivity index (χ3v) is 7.06. The molecule has 1 fully saturated rings. The third-order valence-electron chi connectivity index (χ3n) is 6.51. The first-order valence-corrected chi connectivity index (χ1v) is 12.5. The number of rotatable bonds is 9. The summed E-state index contributed by atoms with van der Waals surface area (Å²) >= 11 is 3.49. The minimum atomic E-state index is -4.88. The molecule has 2 N–H and O–H groups in total. The monoisotopic (exact) mass is 566 g/mol. The summed E-state index contributed by atoms with van der Waals surface area (Å²) in [5.41, 5.74) is -0.578. The van der Waals surface area contributed by atoms with Crippen molar-refractivity contribution in [2.45, 2.75) is 65.2 Å². The molecule has 0 aromatic heterocycles. The van der Waals surface area contributed by atoms with Gasteiger partial charge in [0.25, 0.3) is 0 Å². The highest BCUT2D eigenvalue weighted by molar-refractivity contribution is 9.11. The summed E-state index contributed by atoms with van der Waals surface area (Å²) in [7, 11) is 1.52. The molecule has 0 radical (unpaired) electrons. The Hall–Kier alpha value is -2.50. The lowest BCUT2D eigenvalue weighted by Crippen LogP contribution is -2.49. The van der Waals surface area contributed by atoms with E-state index in [1.165, 1.54) is 7.05 Å². The summed E-state index contributed by atoms with van der Waals surface area (Å²) in [5.74, 6) is 0.634. The molecule has 1 atom stereocenters. The number of alkyl halides is 3. The van der Waals surface area contributed by atoms with Gasteiger partial charge in [-0.1, -0.05) is 48.5 Å². The summed E-state index contributed by atoms with van der Waals surface area (Å²) in [6, 6.07) is 1.93. The Morgan fingerprint density at radius 2 is 2.00 bits per heavy atom. The van der Waals surface area contributed by atoms with Crippen LogP contribution in [0.3, 0.4) is 0 Å². The first-order valence-electron chi connectivity index (χ1n) is 11.7. The summed E-state index contributed by atoms with van der Waals surface area (Å²) in [5, 5.41) is 23.0. The molecule has 4 nitrogen and oxygen atoms in total. The van der Waals surface area contributed by atoms with E-state index in [-0.39, 0.29) is 11.3 Å². The van der Waals surface area contributed by atoms with E-state index in [2.05, 4.69) is 27.8 Å². The fourth-order valence-electron chi connectivity index (χ4n) is 4.61. The average Bonchev–Trinajstić information content (AvgIpc) is 3.15. The summed E-state index contributed by atoms with van der Waals surface area (Å²) < 4.78 is 50.1. The van der Waals surface area contributed by atoms with E-state index < -0.39 is 30.0 Å². The van der Waals surface area contributed by atoms with E-state index >= 15 is 0 Å². The van der Waals surface area contributed by atoms with Gasteiger partial charge in [0.05, 0.1) is 12.7 Å². The molecule has 0 aromatic rings. The molecule has 2 rings (SSSR count). The zero-order valence-corrected chi connectivity index (χ0v) is 23.0. The van der Waals surface area contributed by atoms with E-state index in [9.17, 15) is 18.3 Å². The lowest BCUT2D eigenvalue weighted by molar-refractivity contribution is -0.268. The number of ether oxygens (including phenoxy) is 1. The van der Waals surface area contributed by atoms with E-state index in [1.807, 2.05) is 18.2 Å².